The summed E-state index contributed by atoms with van der Waals surface area (Å²) in [6, 6.07) is 20.3. The molecule has 0 aliphatic carbocycles. The fourth-order valence-corrected chi connectivity index (χ4v) is 4.81. The number of imidazole rings is 1. The maximum absolute atomic E-state index is 14.9. The Morgan fingerprint density at radius 2 is 1.81 bits per heavy atom. The minimum Gasteiger partial charge on any atom is -0.397 e. The van der Waals surface area contributed by atoms with Gasteiger partial charge >= 0.3 is 0 Å². The lowest BCUT2D eigenvalue weighted by atomic mass is 10.0. The number of halogens is 2. The molecule has 0 aliphatic rings. The fraction of sp³-hybridized carbons (Fsp3) is 0.0417. The number of hydrogen-bond donors (Lipinski definition) is 2. The van der Waals surface area contributed by atoms with Crippen molar-refractivity contribution in [2.45, 2.75) is 6.92 Å². The fourth-order valence-electron chi connectivity index (χ4n) is 3.68. The van der Waals surface area contributed by atoms with Crippen molar-refractivity contribution in [3.05, 3.63) is 88.5 Å². The second-order valence-electron chi connectivity index (χ2n) is 7.17. The number of nitrogen functional groups attached to an aromatic ring is 1. The summed E-state index contributed by atoms with van der Waals surface area (Å²) in [5, 5.41) is 5.88. The molecule has 0 radical (unpaired) electrons. The highest BCUT2D eigenvalue weighted by atomic mass is 35.5. The van der Waals surface area contributed by atoms with Crippen molar-refractivity contribution < 1.29 is 4.39 Å². The van der Waals surface area contributed by atoms with Gasteiger partial charge in [-0.05, 0) is 36.2 Å². The van der Waals surface area contributed by atoms with Crippen molar-refractivity contribution in [2.24, 2.45) is 0 Å². The summed E-state index contributed by atoms with van der Waals surface area (Å²) in [5.74, 6) is 0.283. The summed E-state index contributed by atoms with van der Waals surface area (Å²) in [6.07, 6.45) is 0. The summed E-state index contributed by atoms with van der Waals surface area (Å²) in [7, 11) is 0. The molecule has 0 saturated heterocycles. The molecule has 5 aromatic rings. The van der Waals surface area contributed by atoms with Crippen molar-refractivity contribution in [3.63, 3.8) is 0 Å². The number of aryl methyl sites for hydroxylation is 1. The van der Waals surface area contributed by atoms with Crippen LogP contribution in [0.5, 0.6) is 0 Å². The monoisotopic (exact) mass is 448 g/mol. The van der Waals surface area contributed by atoms with Gasteiger partial charge in [-0.2, -0.15) is 0 Å². The Labute approximate surface area is 187 Å². The van der Waals surface area contributed by atoms with Gasteiger partial charge < -0.3 is 11.1 Å². The third kappa shape index (κ3) is 3.34. The van der Waals surface area contributed by atoms with E-state index in [9.17, 15) is 4.39 Å². The van der Waals surface area contributed by atoms with E-state index in [2.05, 4.69) is 5.32 Å². The Morgan fingerprint density at radius 3 is 2.55 bits per heavy atom. The molecular formula is C24H18ClFN4S. The van der Waals surface area contributed by atoms with Crippen LogP contribution in [-0.2, 0) is 0 Å². The lowest BCUT2D eigenvalue weighted by Crippen LogP contribution is -2.02. The van der Waals surface area contributed by atoms with Gasteiger partial charge in [-0.15, -0.1) is 11.3 Å². The predicted molar refractivity (Wildman–Crippen MR) is 128 cm³/mol. The molecule has 4 nitrogen and oxygen atoms in total. The maximum Gasteiger partial charge on any atom is 0.196 e. The van der Waals surface area contributed by atoms with Crippen LogP contribution >= 0.6 is 22.9 Å². The van der Waals surface area contributed by atoms with Crippen molar-refractivity contribution in [2.75, 3.05) is 11.1 Å². The van der Waals surface area contributed by atoms with E-state index in [1.807, 2.05) is 53.1 Å². The Kier molecular flexibility index (Phi) is 4.88. The van der Waals surface area contributed by atoms with Gasteiger partial charge in [0.1, 0.15) is 17.3 Å². The van der Waals surface area contributed by atoms with Gasteiger partial charge in [0.05, 0.1) is 22.1 Å². The second-order valence-corrected chi connectivity index (χ2v) is 8.42. The molecule has 0 bridgehead atoms. The lowest BCUT2D eigenvalue weighted by Gasteiger charge is -2.14. The molecule has 2 aromatic heterocycles. The van der Waals surface area contributed by atoms with Gasteiger partial charge in [-0.1, -0.05) is 60.1 Å². The van der Waals surface area contributed by atoms with Crippen LogP contribution in [0.25, 0.3) is 27.5 Å². The molecule has 0 fully saturated rings. The number of rotatable bonds is 4. The molecule has 5 rings (SSSR count). The quantitative estimate of drug-likeness (QED) is 0.287. The average molecular weight is 449 g/mol. The standard InChI is InChI=1S/C24H18ClFN4S/c1-14-7-5-11-17(26)20(14)22-23(28-21-16(25)10-6-12-18(21)27)30-19(13-31-24(30)29-22)15-8-3-2-4-9-15/h2-13,28H,27H2,1H3. The largest absolute Gasteiger partial charge is 0.397 e. The number of anilines is 3. The second kappa shape index (κ2) is 7.72. The van der Waals surface area contributed by atoms with E-state index in [1.54, 1.807) is 24.3 Å². The van der Waals surface area contributed by atoms with Gasteiger partial charge in [-0.25, -0.2) is 9.37 Å². The van der Waals surface area contributed by atoms with E-state index in [0.29, 0.717) is 33.5 Å². The number of nitrogens with zero attached hydrogens (tertiary/aromatic N) is 2. The minimum atomic E-state index is -0.331. The zero-order valence-electron chi connectivity index (χ0n) is 16.6. The highest BCUT2D eigenvalue weighted by Gasteiger charge is 2.23. The van der Waals surface area contributed by atoms with Crippen LogP contribution in [-0.4, -0.2) is 9.38 Å². The molecule has 3 aromatic carbocycles. The van der Waals surface area contributed by atoms with Gasteiger partial charge in [0.2, 0.25) is 0 Å². The number of fused-ring (bicyclic) bond motifs is 1. The zero-order valence-corrected chi connectivity index (χ0v) is 18.1. The minimum absolute atomic E-state index is 0.331. The normalized spacial score (nSPS) is 11.2. The lowest BCUT2D eigenvalue weighted by molar-refractivity contribution is 0.630. The predicted octanol–water partition coefficient (Wildman–Crippen LogP) is 7.16. The molecule has 0 spiro atoms. The van der Waals surface area contributed by atoms with Crippen LogP contribution in [0.15, 0.2) is 72.1 Å². The van der Waals surface area contributed by atoms with Crippen LogP contribution < -0.4 is 11.1 Å². The first-order valence-corrected chi connectivity index (χ1v) is 10.9. The first-order chi connectivity index (χ1) is 15.0. The van der Waals surface area contributed by atoms with Crippen molar-refractivity contribution in [1.82, 2.24) is 9.38 Å². The number of hydrogen-bond acceptors (Lipinski definition) is 4. The number of aromatic nitrogens is 2. The van der Waals surface area contributed by atoms with Crippen LogP contribution in [0.1, 0.15) is 5.56 Å². The molecule has 0 atom stereocenters. The average Bonchev–Trinajstić information content (AvgIpc) is 3.31. The molecule has 0 amide bonds. The van der Waals surface area contributed by atoms with E-state index in [1.165, 1.54) is 17.4 Å². The van der Waals surface area contributed by atoms with Crippen molar-refractivity contribution in [1.29, 1.82) is 0 Å². The van der Waals surface area contributed by atoms with Gasteiger partial charge in [0, 0.05) is 10.9 Å². The number of nitrogens with two attached hydrogens (primary N) is 1. The Morgan fingerprint density at radius 1 is 1.03 bits per heavy atom. The van der Waals surface area contributed by atoms with Crippen molar-refractivity contribution in [3.8, 4) is 22.5 Å². The smallest absolute Gasteiger partial charge is 0.196 e. The number of nitrogens with one attached hydrogen (secondary N) is 1. The molecule has 0 saturated carbocycles. The van der Waals surface area contributed by atoms with Crippen LogP contribution in [0.4, 0.5) is 21.6 Å². The van der Waals surface area contributed by atoms with E-state index >= 15 is 0 Å². The molecule has 0 aliphatic heterocycles. The van der Waals surface area contributed by atoms with Crippen LogP contribution in [0, 0.1) is 12.7 Å². The Balaban J connectivity index is 1.82. The summed E-state index contributed by atoms with van der Waals surface area (Å²) >= 11 is 7.94. The Hall–Kier alpha value is -3.35. The molecule has 0 unspecified atom stereocenters. The molecule has 7 heteroatoms. The molecular weight excluding hydrogens is 431 g/mol. The topological polar surface area (TPSA) is 55.3 Å². The summed E-state index contributed by atoms with van der Waals surface area (Å²) in [6.45, 7) is 1.87. The summed E-state index contributed by atoms with van der Waals surface area (Å²) < 4.78 is 16.9. The molecule has 3 N–H and O–H groups in total. The molecule has 154 valence electrons. The first-order valence-electron chi connectivity index (χ1n) is 9.66. The molecule has 31 heavy (non-hydrogen) atoms. The first kappa shape index (κ1) is 19.6. The van der Waals surface area contributed by atoms with Gasteiger partial charge in [-0.3, -0.25) is 4.40 Å². The third-order valence-corrected chi connectivity index (χ3v) is 6.32. The summed E-state index contributed by atoms with van der Waals surface area (Å²) in [4.78, 5) is 5.54. The Bertz CT molecular complexity index is 1370. The highest BCUT2D eigenvalue weighted by Crippen LogP contribution is 2.41. The van der Waals surface area contributed by atoms with E-state index in [0.717, 1.165) is 21.8 Å². The van der Waals surface area contributed by atoms with Gasteiger partial charge in [0.25, 0.3) is 0 Å². The highest BCUT2D eigenvalue weighted by molar-refractivity contribution is 7.15. The van der Waals surface area contributed by atoms with Crippen LogP contribution in [0.3, 0.4) is 0 Å². The number of thiazole rings is 1. The SMILES string of the molecule is Cc1cccc(F)c1-c1nc2scc(-c3ccccc3)n2c1Nc1c(N)cccc1Cl. The zero-order chi connectivity index (χ0) is 21.5. The van der Waals surface area contributed by atoms with E-state index in [-0.39, 0.29) is 5.82 Å². The third-order valence-electron chi connectivity index (χ3n) is 5.18. The van der Waals surface area contributed by atoms with E-state index < -0.39 is 0 Å². The summed E-state index contributed by atoms with van der Waals surface area (Å²) in [5.41, 5.74) is 11.0. The van der Waals surface area contributed by atoms with Crippen molar-refractivity contribution >= 4 is 45.1 Å². The number of benzene rings is 3. The maximum atomic E-state index is 14.9. The molecule has 2 heterocycles. The number of para-hydroxylation sites is 1. The van der Waals surface area contributed by atoms with Gasteiger partial charge in [0.15, 0.2) is 4.96 Å². The van der Waals surface area contributed by atoms with E-state index in [4.69, 9.17) is 22.3 Å². The van der Waals surface area contributed by atoms with Crippen LogP contribution in [0.2, 0.25) is 5.02 Å².